The predicted molar refractivity (Wildman–Crippen MR) is 79.4 cm³/mol. The minimum absolute atomic E-state index is 0.674. The van der Waals surface area contributed by atoms with Crippen molar-refractivity contribution >= 4 is 23.4 Å². The lowest BCUT2D eigenvalue weighted by atomic mass is 10.1. The Balaban J connectivity index is 1.89. The van der Waals surface area contributed by atoms with E-state index in [1.165, 1.54) is 19.3 Å². The van der Waals surface area contributed by atoms with Gasteiger partial charge >= 0.3 is 0 Å². The number of hydrogen-bond donors (Lipinski definition) is 1. The zero-order valence-electron chi connectivity index (χ0n) is 11.0. The fourth-order valence-electron chi connectivity index (χ4n) is 2.50. The minimum atomic E-state index is 0.674. The third kappa shape index (κ3) is 3.62. The van der Waals surface area contributed by atoms with Gasteiger partial charge in [-0.2, -0.15) is 0 Å². The minimum Gasteiger partial charge on any atom is -0.314 e. The fourth-order valence-corrected chi connectivity index (χ4v) is 3.84. The number of pyridine rings is 1. The topological polar surface area (TPSA) is 24.9 Å². The fraction of sp³-hybridized carbons (Fsp3) is 0.643. The van der Waals surface area contributed by atoms with Gasteiger partial charge < -0.3 is 5.32 Å². The van der Waals surface area contributed by atoms with Crippen LogP contribution in [0.1, 0.15) is 33.1 Å². The molecule has 0 saturated heterocycles. The molecule has 0 aliphatic heterocycles. The van der Waals surface area contributed by atoms with E-state index in [0.29, 0.717) is 22.2 Å². The van der Waals surface area contributed by atoms with E-state index in [4.69, 9.17) is 11.6 Å². The van der Waals surface area contributed by atoms with Gasteiger partial charge in [0.15, 0.2) is 0 Å². The first-order chi connectivity index (χ1) is 8.70. The smallest absolute Gasteiger partial charge is 0.0963 e. The van der Waals surface area contributed by atoms with Crippen LogP contribution in [-0.2, 0) is 0 Å². The van der Waals surface area contributed by atoms with Gasteiger partial charge in [-0.05, 0) is 43.9 Å². The first kappa shape index (κ1) is 14.2. The zero-order valence-corrected chi connectivity index (χ0v) is 12.6. The molecule has 1 aliphatic rings. The molecule has 3 unspecified atom stereocenters. The van der Waals surface area contributed by atoms with Crippen LogP contribution in [0, 0.1) is 5.92 Å². The summed E-state index contributed by atoms with van der Waals surface area (Å²) in [4.78, 5) is 4.37. The van der Waals surface area contributed by atoms with Crippen molar-refractivity contribution in [1.29, 1.82) is 0 Å². The molecule has 2 rings (SSSR count). The first-order valence-corrected chi connectivity index (χ1v) is 7.98. The van der Waals surface area contributed by atoms with Gasteiger partial charge in [-0.25, -0.2) is 4.98 Å². The van der Waals surface area contributed by atoms with Crippen LogP contribution in [0.25, 0.3) is 0 Å². The number of nitrogens with one attached hydrogen (secondary N) is 1. The van der Waals surface area contributed by atoms with E-state index in [2.05, 4.69) is 24.1 Å². The lowest BCUT2D eigenvalue weighted by Gasteiger charge is -2.21. The van der Waals surface area contributed by atoms with Gasteiger partial charge in [-0.3, -0.25) is 0 Å². The Morgan fingerprint density at radius 1 is 1.44 bits per heavy atom. The standard InChI is InChI=1S/C14H21ClN2S/c1-3-8-16-12-5-6-13(10(12)2)18-14-7-4-11(15)9-17-14/h4,7,9-10,12-13,16H,3,5-6,8H2,1-2H3. The molecule has 1 heterocycles. The summed E-state index contributed by atoms with van der Waals surface area (Å²) in [6.07, 6.45) is 5.50. The van der Waals surface area contributed by atoms with Crippen LogP contribution in [-0.4, -0.2) is 22.8 Å². The number of hydrogen-bond acceptors (Lipinski definition) is 3. The monoisotopic (exact) mass is 284 g/mol. The van der Waals surface area contributed by atoms with Gasteiger partial charge in [0.2, 0.25) is 0 Å². The number of rotatable bonds is 5. The molecule has 1 fully saturated rings. The largest absolute Gasteiger partial charge is 0.314 e. The lowest BCUT2D eigenvalue weighted by molar-refractivity contribution is 0.431. The molecule has 3 atom stereocenters. The molecule has 0 aromatic carbocycles. The molecule has 0 bridgehead atoms. The average Bonchev–Trinajstić information content (AvgIpc) is 2.71. The molecule has 0 amide bonds. The Labute approximate surface area is 119 Å². The maximum Gasteiger partial charge on any atom is 0.0963 e. The highest BCUT2D eigenvalue weighted by atomic mass is 35.5. The van der Waals surface area contributed by atoms with E-state index in [1.807, 2.05) is 23.9 Å². The van der Waals surface area contributed by atoms with Crippen LogP contribution in [0.5, 0.6) is 0 Å². The highest BCUT2D eigenvalue weighted by Crippen LogP contribution is 2.38. The molecule has 18 heavy (non-hydrogen) atoms. The van der Waals surface area contributed by atoms with E-state index in [0.717, 1.165) is 11.6 Å². The SMILES string of the molecule is CCCNC1CCC(Sc2ccc(Cl)cn2)C1C. The normalized spacial score (nSPS) is 27.6. The predicted octanol–water partition coefficient (Wildman–Crippen LogP) is 3.99. The van der Waals surface area contributed by atoms with Gasteiger partial charge in [0.05, 0.1) is 10.0 Å². The molecular weight excluding hydrogens is 264 g/mol. The summed E-state index contributed by atoms with van der Waals surface area (Å²) in [5, 5.41) is 6.12. The van der Waals surface area contributed by atoms with Gasteiger partial charge in [0, 0.05) is 17.5 Å². The molecule has 2 nitrogen and oxygen atoms in total. The van der Waals surface area contributed by atoms with E-state index < -0.39 is 0 Å². The van der Waals surface area contributed by atoms with Crippen molar-refractivity contribution < 1.29 is 0 Å². The van der Waals surface area contributed by atoms with Crippen molar-refractivity contribution in [2.24, 2.45) is 5.92 Å². The van der Waals surface area contributed by atoms with E-state index in [9.17, 15) is 0 Å². The second kappa shape index (κ2) is 6.78. The second-order valence-electron chi connectivity index (χ2n) is 4.97. The Bertz CT molecular complexity index is 369. The van der Waals surface area contributed by atoms with E-state index >= 15 is 0 Å². The Kier molecular flexibility index (Phi) is 5.34. The highest BCUT2D eigenvalue weighted by molar-refractivity contribution is 7.99. The number of thioether (sulfide) groups is 1. The molecule has 0 spiro atoms. The van der Waals surface area contributed by atoms with Crippen molar-refractivity contribution in [3.05, 3.63) is 23.4 Å². The summed E-state index contributed by atoms with van der Waals surface area (Å²) in [7, 11) is 0. The number of halogens is 1. The molecular formula is C14H21ClN2S. The molecule has 0 radical (unpaired) electrons. The van der Waals surface area contributed by atoms with Crippen LogP contribution >= 0.6 is 23.4 Å². The van der Waals surface area contributed by atoms with Crippen LogP contribution in [0.15, 0.2) is 23.4 Å². The third-order valence-electron chi connectivity index (χ3n) is 3.61. The first-order valence-electron chi connectivity index (χ1n) is 6.72. The van der Waals surface area contributed by atoms with Crippen molar-refractivity contribution in [1.82, 2.24) is 10.3 Å². The van der Waals surface area contributed by atoms with Crippen molar-refractivity contribution in [2.75, 3.05) is 6.54 Å². The number of nitrogens with zero attached hydrogens (tertiary/aromatic N) is 1. The lowest BCUT2D eigenvalue weighted by Crippen LogP contribution is -2.33. The Morgan fingerprint density at radius 2 is 2.28 bits per heavy atom. The van der Waals surface area contributed by atoms with Gasteiger partial charge in [-0.15, -0.1) is 11.8 Å². The Hall–Kier alpha value is -0.250. The zero-order chi connectivity index (χ0) is 13.0. The molecule has 1 aromatic heterocycles. The summed E-state index contributed by atoms with van der Waals surface area (Å²) < 4.78 is 0. The van der Waals surface area contributed by atoms with Crippen LogP contribution < -0.4 is 5.32 Å². The van der Waals surface area contributed by atoms with E-state index in [1.54, 1.807) is 6.20 Å². The maximum absolute atomic E-state index is 5.86. The van der Waals surface area contributed by atoms with Gasteiger partial charge in [-0.1, -0.05) is 25.4 Å². The highest BCUT2D eigenvalue weighted by Gasteiger charge is 2.33. The van der Waals surface area contributed by atoms with Gasteiger partial charge in [0.1, 0.15) is 0 Å². The quantitative estimate of drug-likeness (QED) is 0.885. The van der Waals surface area contributed by atoms with Crippen LogP contribution in [0.2, 0.25) is 5.02 Å². The molecule has 4 heteroatoms. The third-order valence-corrected chi connectivity index (χ3v) is 5.29. The molecule has 1 N–H and O–H groups in total. The number of aromatic nitrogens is 1. The molecule has 1 aromatic rings. The van der Waals surface area contributed by atoms with Gasteiger partial charge in [0.25, 0.3) is 0 Å². The van der Waals surface area contributed by atoms with Crippen LogP contribution in [0.3, 0.4) is 0 Å². The summed E-state index contributed by atoms with van der Waals surface area (Å²) in [6.45, 7) is 5.70. The second-order valence-corrected chi connectivity index (χ2v) is 6.66. The summed E-state index contributed by atoms with van der Waals surface area (Å²) >= 11 is 7.75. The maximum atomic E-state index is 5.86. The van der Waals surface area contributed by atoms with Crippen molar-refractivity contribution in [3.63, 3.8) is 0 Å². The summed E-state index contributed by atoms with van der Waals surface area (Å²) in [5.41, 5.74) is 0. The average molecular weight is 285 g/mol. The summed E-state index contributed by atoms with van der Waals surface area (Å²) in [6, 6.07) is 4.62. The van der Waals surface area contributed by atoms with E-state index in [-0.39, 0.29) is 0 Å². The molecule has 1 saturated carbocycles. The Morgan fingerprint density at radius 3 is 2.94 bits per heavy atom. The van der Waals surface area contributed by atoms with Crippen molar-refractivity contribution in [3.8, 4) is 0 Å². The molecule has 1 aliphatic carbocycles. The van der Waals surface area contributed by atoms with Crippen molar-refractivity contribution in [2.45, 2.75) is 49.4 Å². The summed E-state index contributed by atoms with van der Waals surface area (Å²) in [5.74, 6) is 0.707. The molecule has 100 valence electrons. The van der Waals surface area contributed by atoms with Crippen LogP contribution in [0.4, 0.5) is 0 Å².